The molecule has 28 heavy (non-hydrogen) atoms. The van der Waals surface area contributed by atoms with Crippen LogP contribution in [-0.2, 0) is 19.1 Å². The Bertz CT molecular complexity index is 719. The van der Waals surface area contributed by atoms with Crippen molar-refractivity contribution in [1.29, 1.82) is 0 Å². The third-order valence-electron chi connectivity index (χ3n) is 4.26. The van der Waals surface area contributed by atoms with Gasteiger partial charge in [0.25, 0.3) is 5.91 Å². The zero-order chi connectivity index (χ0) is 20.9. The van der Waals surface area contributed by atoms with Crippen LogP contribution < -0.4 is 5.32 Å². The molecule has 1 N–H and O–H groups in total. The van der Waals surface area contributed by atoms with E-state index in [1.807, 2.05) is 32.0 Å². The van der Waals surface area contributed by atoms with Crippen molar-refractivity contribution in [3.05, 3.63) is 29.3 Å². The molecule has 154 valence electrons. The van der Waals surface area contributed by atoms with Crippen molar-refractivity contribution in [3.8, 4) is 0 Å². The van der Waals surface area contributed by atoms with Crippen LogP contribution in [-0.4, -0.2) is 48.2 Å². The highest BCUT2D eigenvalue weighted by Crippen LogP contribution is 2.20. The van der Waals surface area contributed by atoms with E-state index >= 15 is 0 Å². The molecule has 0 spiro atoms. The fourth-order valence-electron chi connectivity index (χ4n) is 3.16. The smallest absolute Gasteiger partial charge is 0.410 e. The van der Waals surface area contributed by atoms with E-state index in [0.717, 1.165) is 11.1 Å². The van der Waals surface area contributed by atoms with Gasteiger partial charge >= 0.3 is 12.1 Å². The topological polar surface area (TPSA) is 84.9 Å². The average molecular weight is 390 g/mol. The van der Waals surface area contributed by atoms with Crippen LogP contribution in [0, 0.1) is 19.8 Å². The molecule has 0 bridgehead atoms. The summed E-state index contributed by atoms with van der Waals surface area (Å²) in [6.07, 6.45) is 0.877. The quantitative estimate of drug-likeness (QED) is 0.796. The van der Waals surface area contributed by atoms with Crippen molar-refractivity contribution in [1.82, 2.24) is 4.90 Å². The van der Waals surface area contributed by atoms with Gasteiger partial charge in [0.1, 0.15) is 5.60 Å². The first-order valence-corrected chi connectivity index (χ1v) is 9.56. The van der Waals surface area contributed by atoms with Crippen LogP contribution >= 0.6 is 0 Å². The predicted octanol–water partition coefficient (Wildman–Crippen LogP) is 3.43. The number of nitrogens with zero attached hydrogens (tertiary/aromatic N) is 1. The van der Waals surface area contributed by atoms with Gasteiger partial charge in [0.15, 0.2) is 6.61 Å². The minimum absolute atomic E-state index is 0.243. The Balaban J connectivity index is 1.83. The van der Waals surface area contributed by atoms with E-state index in [0.29, 0.717) is 25.1 Å². The molecule has 0 radical (unpaired) electrons. The van der Waals surface area contributed by atoms with E-state index in [2.05, 4.69) is 5.32 Å². The van der Waals surface area contributed by atoms with Gasteiger partial charge in [-0.25, -0.2) is 4.79 Å². The van der Waals surface area contributed by atoms with Gasteiger partial charge in [-0.05, 0) is 70.7 Å². The Hall–Kier alpha value is -2.57. The first-order valence-electron chi connectivity index (χ1n) is 9.56. The minimum atomic E-state index is -0.587. The second-order valence-electron chi connectivity index (χ2n) is 8.30. The van der Waals surface area contributed by atoms with E-state index in [1.165, 1.54) is 4.90 Å². The molecular weight excluding hydrogens is 360 g/mol. The zero-order valence-electron chi connectivity index (χ0n) is 17.3. The van der Waals surface area contributed by atoms with Gasteiger partial charge in [0, 0.05) is 18.8 Å². The minimum Gasteiger partial charge on any atom is -0.455 e. The monoisotopic (exact) mass is 390 g/mol. The van der Waals surface area contributed by atoms with Crippen molar-refractivity contribution in [2.24, 2.45) is 5.92 Å². The molecule has 0 saturated carbocycles. The molecule has 1 aromatic rings. The summed E-state index contributed by atoms with van der Waals surface area (Å²) < 4.78 is 10.5. The van der Waals surface area contributed by atoms with E-state index in [9.17, 15) is 14.4 Å². The summed E-state index contributed by atoms with van der Waals surface area (Å²) in [6, 6.07) is 5.72. The molecule has 1 atom stereocenters. The number of ether oxygens (including phenoxy) is 2. The molecule has 0 aromatic heterocycles. The number of hydrogen-bond donors (Lipinski definition) is 1. The maximum Gasteiger partial charge on any atom is 0.410 e. The highest BCUT2D eigenvalue weighted by Gasteiger charge is 2.32. The molecule has 1 aliphatic rings. The summed E-state index contributed by atoms with van der Waals surface area (Å²) in [6.45, 7) is 9.73. The van der Waals surface area contributed by atoms with Gasteiger partial charge in [-0.15, -0.1) is 0 Å². The lowest BCUT2D eigenvalue weighted by Gasteiger charge is -2.33. The Labute approximate surface area is 166 Å². The SMILES string of the molecule is Cc1cc(C)cc(NC(=O)COC(=O)C2CCCN(C(=O)OC(C)(C)C)C2)c1. The fraction of sp³-hybridized carbons (Fsp3) is 0.571. The molecule has 2 amide bonds. The largest absolute Gasteiger partial charge is 0.455 e. The molecule has 7 heteroatoms. The molecular formula is C21H30N2O5. The third-order valence-corrected chi connectivity index (χ3v) is 4.26. The maximum absolute atomic E-state index is 12.3. The van der Waals surface area contributed by atoms with Crippen LogP contribution in [0.3, 0.4) is 0 Å². The molecule has 0 aliphatic carbocycles. The number of carbonyl (C=O) groups excluding carboxylic acids is 3. The number of amides is 2. The van der Waals surface area contributed by atoms with Gasteiger partial charge in [-0.1, -0.05) is 6.07 Å². The molecule has 2 rings (SSSR count). The first kappa shape index (κ1) is 21.7. The number of aryl methyl sites for hydroxylation is 2. The van der Waals surface area contributed by atoms with Crippen molar-refractivity contribution >= 4 is 23.7 Å². The predicted molar refractivity (Wildman–Crippen MR) is 106 cm³/mol. The Kier molecular flexibility index (Phi) is 7.05. The van der Waals surface area contributed by atoms with E-state index in [4.69, 9.17) is 9.47 Å². The van der Waals surface area contributed by atoms with E-state index in [1.54, 1.807) is 20.8 Å². The average Bonchev–Trinajstić information content (AvgIpc) is 2.57. The third kappa shape index (κ3) is 6.87. The van der Waals surface area contributed by atoms with Crippen molar-refractivity contribution in [2.75, 3.05) is 25.0 Å². The Morgan fingerprint density at radius 1 is 1.14 bits per heavy atom. The van der Waals surface area contributed by atoms with Crippen LogP contribution in [0.4, 0.5) is 10.5 Å². The molecule has 1 saturated heterocycles. The summed E-state index contributed by atoms with van der Waals surface area (Å²) in [5.41, 5.74) is 2.16. The number of hydrogen-bond acceptors (Lipinski definition) is 5. The van der Waals surface area contributed by atoms with Gasteiger partial charge < -0.3 is 19.7 Å². The van der Waals surface area contributed by atoms with Crippen molar-refractivity contribution in [3.63, 3.8) is 0 Å². The lowest BCUT2D eigenvalue weighted by molar-refractivity contribution is -0.153. The number of rotatable bonds is 4. The second kappa shape index (κ2) is 9.08. The molecule has 1 heterocycles. The summed E-state index contributed by atoms with van der Waals surface area (Å²) in [4.78, 5) is 38.1. The highest BCUT2D eigenvalue weighted by molar-refractivity contribution is 5.93. The fourth-order valence-corrected chi connectivity index (χ4v) is 3.16. The standard InChI is InChI=1S/C21H30N2O5/c1-14-9-15(2)11-17(10-14)22-18(24)13-27-19(25)16-7-6-8-23(12-16)20(26)28-21(3,4)5/h9-11,16H,6-8,12-13H2,1-5H3,(H,22,24). The van der Waals surface area contributed by atoms with Crippen molar-refractivity contribution < 1.29 is 23.9 Å². The van der Waals surface area contributed by atoms with E-state index < -0.39 is 29.5 Å². The lowest BCUT2D eigenvalue weighted by atomic mass is 9.98. The number of carbonyl (C=O) groups is 3. The zero-order valence-corrected chi connectivity index (χ0v) is 17.3. The Morgan fingerprint density at radius 3 is 2.39 bits per heavy atom. The van der Waals surface area contributed by atoms with Gasteiger partial charge in [0.05, 0.1) is 5.92 Å². The van der Waals surface area contributed by atoms with Crippen molar-refractivity contribution in [2.45, 2.75) is 53.1 Å². The number of nitrogens with one attached hydrogen (secondary N) is 1. The number of piperidine rings is 1. The number of likely N-dealkylation sites (tertiary alicyclic amines) is 1. The summed E-state index contributed by atoms with van der Waals surface area (Å²) in [7, 11) is 0. The molecule has 7 nitrogen and oxygen atoms in total. The van der Waals surface area contributed by atoms with Crippen LogP contribution in [0.15, 0.2) is 18.2 Å². The molecule has 1 unspecified atom stereocenters. The normalized spacial score (nSPS) is 17.0. The number of esters is 1. The maximum atomic E-state index is 12.3. The van der Waals surface area contributed by atoms with Gasteiger partial charge in [0.2, 0.25) is 0 Å². The van der Waals surface area contributed by atoms with Crippen LogP contribution in [0.25, 0.3) is 0 Å². The summed E-state index contributed by atoms with van der Waals surface area (Å²) in [5, 5.41) is 2.73. The second-order valence-corrected chi connectivity index (χ2v) is 8.30. The van der Waals surface area contributed by atoms with Crippen LogP contribution in [0.1, 0.15) is 44.7 Å². The first-order chi connectivity index (χ1) is 13.0. The summed E-state index contributed by atoms with van der Waals surface area (Å²) >= 11 is 0. The van der Waals surface area contributed by atoms with Gasteiger partial charge in [-0.3, -0.25) is 9.59 Å². The Morgan fingerprint density at radius 2 is 1.79 bits per heavy atom. The van der Waals surface area contributed by atoms with E-state index in [-0.39, 0.29) is 13.2 Å². The molecule has 1 aromatic carbocycles. The molecule has 1 fully saturated rings. The summed E-state index contributed by atoms with van der Waals surface area (Å²) in [5.74, 6) is -1.31. The van der Waals surface area contributed by atoms with Crippen LogP contribution in [0.5, 0.6) is 0 Å². The van der Waals surface area contributed by atoms with Gasteiger partial charge in [-0.2, -0.15) is 0 Å². The lowest BCUT2D eigenvalue weighted by Crippen LogP contribution is -2.45. The van der Waals surface area contributed by atoms with Crippen LogP contribution in [0.2, 0.25) is 0 Å². The number of anilines is 1. The number of benzene rings is 1. The highest BCUT2D eigenvalue weighted by atomic mass is 16.6. The molecule has 1 aliphatic heterocycles.